The minimum absolute atomic E-state index is 0.165. The molecule has 0 radical (unpaired) electrons. The van der Waals surface area contributed by atoms with E-state index in [0.29, 0.717) is 48.8 Å². The fourth-order valence-corrected chi connectivity index (χ4v) is 10.8. The number of hydrogen-bond acceptors (Lipinski definition) is 8. The lowest BCUT2D eigenvalue weighted by Crippen LogP contribution is -2.58. The summed E-state index contributed by atoms with van der Waals surface area (Å²) in [7, 11) is 0. The average molecular weight is 766 g/mol. The van der Waals surface area contributed by atoms with Gasteiger partial charge in [0.25, 0.3) is 5.91 Å². The number of rotatable bonds is 7. The summed E-state index contributed by atoms with van der Waals surface area (Å²) in [4.78, 5) is 44.3. The largest absolute Gasteiger partial charge is 0.508 e. The molecule has 2 saturated heterocycles. The van der Waals surface area contributed by atoms with Crippen molar-refractivity contribution >= 4 is 29.1 Å². The minimum atomic E-state index is -0.619. The van der Waals surface area contributed by atoms with E-state index in [1.165, 1.54) is 53.6 Å². The van der Waals surface area contributed by atoms with E-state index < -0.39 is 6.04 Å². The summed E-state index contributed by atoms with van der Waals surface area (Å²) in [6.45, 7) is 4.95. The smallest absolute Gasteiger partial charge is 0.255 e. The van der Waals surface area contributed by atoms with E-state index in [1.54, 1.807) is 4.90 Å². The number of fused-ring (bicyclic) bond motifs is 5. The Morgan fingerprint density at radius 2 is 1.61 bits per heavy atom. The van der Waals surface area contributed by atoms with Crippen molar-refractivity contribution in [3.05, 3.63) is 118 Å². The van der Waals surface area contributed by atoms with Gasteiger partial charge in [-0.25, -0.2) is 0 Å². The zero-order valence-electron chi connectivity index (χ0n) is 32.4. The Morgan fingerprint density at radius 1 is 0.789 bits per heavy atom. The van der Waals surface area contributed by atoms with Crippen molar-refractivity contribution in [2.75, 3.05) is 43.0 Å². The lowest BCUT2D eigenvalue weighted by molar-refractivity contribution is -0.136. The van der Waals surface area contributed by atoms with Gasteiger partial charge in [0.15, 0.2) is 0 Å². The predicted octanol–water partition coefficient (Wildman–Crippen LogP) is 6.57. The highest BCUT2D eigenvalue weighted by atomic mass is 16.5. The van der Waals surface area contributed by atoms with Crippen LogP contribution in [0, 0.1) is 5.92 Å². The first-order valence-electron chi connectivity index (χ1n) is 21.0. The monoisotopic (exact) mass is 765 g/mol. The summed E-state index contributed by atoms with van der Waals surface area (Å²) < 4.78 is 6.30. The summed E-state index contributed by atoms with van der Waals surface area (Å²) in [6.07, 6.45) is 7.41. The molecule has 4 aromatic rings. The maximum atomic E-state index is 13.4. The van der Waals surface area contributed by atoms with E-state index in [-0.39, 0.29) is 36.1 Å². The van der Waals surface area contributed by atoms with Gasteiger partial charge in [-0.3, -0.25) is 24.6 Å². The number of nitrogens with zero attached hydrogens (tertiary/aromatic N) is 3. The normalized spacial score (nSPS) is 27.1. The van der Waals surface area contributed by atoms with Gasteiger partial charge < -0.3 is 25.0 Å². The van der Waals surface area contributed by atoms with Gasteiger partial charge in [-0.1, -0.05) is 48.5 Å². The Kier molecular flexibility index (Phi) is 9.39. The predicted molar refractivity (Wildman–Crippen MR) is 219 cm³/mol. The van der Waals surface area contributed by atoms with Crippen molar-refractivity contribution in [2.24, 2.45) is 5.92 Å². The number of hydrogen-bond donors (Lipinski definition) is 3. The van der Waals surface area contributed by atoms with E-state index in [4.69, 9.17) is 4.74 Å². The lowest BCUT2D eigenvalue weighted by atomic mass is 9.69. The van der Waals surface area contributed by atoms with Crippen molar-refractivity contribution in [3.63, 3.8) is 0 Å². The number of phenolic OH excluding ortho intramolecular Hbond substituents is 1. The van der Waals surface area contributed by atoms with E-state index in [2.05, 4.69) is 87.2 Å². The summed E-state index contributed by atoms with van der Waals surface area (Å²) in [5, 5.41) is 16.5. The summed E-state index contributed by atoms with van der Waals surface area (Å²) >= 11 is 0. The third-order valence-corrected chi connectivity index (χ3v) is 13.7. The Morgan fingerprint density at radius 3 is 2.42 bits per heavy atom. The van der Waals surface area contributed by atoms with E-state index in [0.717, 1.165) is 56.0 Å². The number of aryl methyl sites for hydroxylation is 1. The molecule has 10 rings (SSSR count). The Bertz CT molecular complexity index is 2180. The summed E-state index contributed by atoms with van der Waals surface area (Å²) in [5.41, 5.74) is 9.04. The maximum Gasteiger partial charge on any atom is 0.255 e. The van der Waals surface area contributed by atoms with Crippen LogP contribution in [0.1, 0.15) is 95.0 Å². The van der Waals surface area contributed by atoms with Crippen LogP contribution in [0.4, 0.5) is 11.4 Å². The second-order valence-corrected chi connectivity index (χ2v) is 17.2. The number of benzene rings is 4. The fraction of sp³-hybridized carbons (Fsp3) is 0.426. The van der Waals surface area contributed by atoms with E-state index in [1.807, 2.05) is 18.2 Å². The SMILES string of the molecule is O=C1CC[C@H](N2Cc3cc4c(cc3C2=O)OC[C@@H]2CN(CC3CCC(Nc5ccc([C@@H]6c7ccc(O)cc7CC[C@@H]6c6ccccc6)cc5)CC3)CCN42)C(=O)N1. The highest BCUT2D eigenvalue weighted by Crippen LogP contribution is 2.47. The van der Waals surface area contributed by atoms with E-state index in [9.17, 15) is 19.5 Å². The van der Waals surface area contributed by atoms with Crippen LogP contribution in [0.3, 0.4) is 0 Å². The van der Waals surface area contributed by atoms with Gasteiger partial charge in [0.05, 0.1) is 11.7 Å². The number of carbonyl (C=O) groups excluding carboxylic acids is 3. The molecule has 3 fully saturated rings. The molecular weight excluding hydrogens is 715 g/mol. The molecule has 10 heteroatoms. The number of ether oxygens (including phenoxy) is 1. The average Bonchev–Trinajstić information content (AvgIpc) is 3.55. The number of phenols is 1. The second-order valence-electron chi connectivity index (χ2n) is 17.2. The fourth-order valence-electron chi connectivity index (χ4n) is 10.8. The first-order valence-corrected chi connectivity index (χ1v) is 21.0. The number of carbonyl (C=O) groups is 3. The van der Waals surface area contributed by atoms with Crippen LogP contribution in [0.25, 0.3) is 0 Å². The third kappa shape index (κ3) is 6.92. The van der Waals surface area contributed by atoms with Crippen LogP contribution < -0.4 is 20.3 Å². The van der Waals surface area contributed by atoms with Crippen molar-refractivity contribution in [1.29, 1.82) is 0 Å². The van der Waals surface area contributed by atoms with Gasteiger partial charge in [-0.05, 0) is 121 Å². The van der Waals surface area contributed by atoms with Crippen LogP contribution in [-0.4, -0.2) is 83.5 Å². The Labute approximate surface area is 334 Å². The van der Waals surface area contributed by atoms with Gasteiger partial charge in [-0.2, -0.15) is 0 Å². The van der Waals surface area contributed by atoms with Crippen molar-refractivity contribution in [2.45, 2.75) is 87.9 Å². The standard InChI is InChI=1S/C47H51N5O5/c53-37-15-17-39-32(22-37)10-16-38(30-4-2-1-3-5-30)45(39)31-8-13-35(14-9-31)48-34-11-6-29(7-12-34)25-50-20-21-51-36(27-50)28-57-43-24-40-33(23-42(43)51)26-52(47(40)56)41-18-19-44(54)49-46(41)55/h1-5,8-9,13-15,17,22-24,29,34,36,38,41,45,48,53H,6-7,10-12,16,18-21,25-28H2,(H,49,54,55)/t29?,34?,36-,38+,41-,45-/m0/s1. The van der Waals surface area contributed by atoms with Crippen LogP contribution in [0.5, 0.6) is 11.5 Å². The molecule has 3 amide bonds. The summed E-state index contributed by atoms with van der Waals surface area (Å²) in [5.74, 6) is 1.59. The molecular formula is C47H51N5O5. The molecule has 57 heavy (non-hydrogen) atoms. The van der Waals surface area contributed by atoms with Gasteiger partial charge in [0, 0.05) is 62.4 Å². The van der Waals surface area contributed by atoms with Crippen LogP contribution in [-0.2, 0) is 22.6 Å². The molecule has 2 aliphatic carbocycles. The molecule has 1 saturated carbocycles. The number of aromatic hydroxyl groups is 1. The quantitative estimate of drug-likeness (QED) is 0.181. The zero-order chi connectivity index (χ0) is 38.6. The van der Waals surface area contributed by atoms with E-state index >= 15 is 0 Å². The Hall–Kier alpha value is -5.35. The van der Waals surface area contributed by atoms with Crippen LogP contribution >= 0.6 is 0 Å². The molecule has 3 N–H and O–H groups in total. The second kappa shape index (κ2) is 14.9. The van der Waals surface area contributed by atoms with Crippen molar-refractivity contribution in [3.8, 4) is 11.5 Å². The molecule has 0 unspecified atom stereocenters. The molecule has 4 aromatic carbocycles. The highest BCUT2D eigenvalue weighted by molar-refractivity contribution is 6.06. The number of piperazine rings is 1. The number of anilines is 2. The first kappa shape index (κ1) is 36.0. The lowest BCUT2D eigenvalue weighted by Gasteiger charge is -2.46. The third-order valence-electron chi connectivity index (χ3n) is 13.7. The van der Waals surface area contributed by atoms with Crippen molar-refractivity contribution < 1.29 is 24.2 Å². The molecule has 0 spiro atoms. The molecule has 0 bridgehead atoms. The molecule has 6 aliphatic rings. The van der Waals surface area contributed by atoms with Gasteiger partial charge in [-0.15, -0.1) is 0 Å². The van der Waals surface area contributed by atoms with Crippen LogP contribution in [0.15, 0.2) is 84.9 Å². The molecule has 0 aromatic heterocycles. The minimum Gasteiger partial charge on any atom is -0.508 e. The number of imide groups is 1. The molecule has 4 aliphatic heterocycles. The first-order chi connectivity index (χ1) is 27.8. The Balaban J connectivity index is 0.733. The van der Waals surface area contributed by atoms with Gasteiger partial charge >= 0.3 is 0 Å². The number of piperidine rings is 1. The molecule has 294 valence electrons. The van der Waals surface area contributed by atoms with Gasteiger partial charge in [0.1, 0.15) is 24.1 Å². The summed E-state index contributed by atoms with van der Waals surface area (Å²) in [6, 6.07) is 30.1. The topological polar surface area (TPSA) is 114 Å². The van der Waals surface area contributed by atoms with Gasteiger partial charge in [0.2, 0.25) is 11.8 Å². The maximum absolute atomic E-state index is 13.4. The number of amides is 3. The zero-order valence-corrected chi connectivity index (χ0v) is 32.4. The highest BCUT2D eigenvalue weighted by Gasteiger charge is 2.42. The van der Waals surface area contributed by atoms with Crippen molar-refractivity contribution in [1.82, 2.24) is 15.1 Å². The van der Waals surface area contributed by atoms with Crippen LogP contribution in [0.2, 0.25) is 0 Å². The molecule has 10 nitrogen and oxygen atoms in total. The molecule has 4 heterocycles. The molecule has 4 atom stereocenters. The number of nitrogens with one attached hydrogen (secondary N) is 2.